The molecule has 1 aliphatic heterocycles. The lowest BCUT2D eigenvalue weighted by atomic mass is 10.1. The maximum atomic E-state index is 13.9. The third kappa shape index (κ3) is 2.77. The molecule has 1 N–H and O–H groups in total. The zero-order valence-electron chi connectivity index (χ0n) is 10.8. The number of carbonyl (C=O) groups excluding carboxylic acids is 1. The van der Waals surface area contributed by atoms with Crippen LogP contribution >= 0.6 is 0 Å². The van der Waals surface area contributed by atoms with E-state index in [2.05, 4.69) is 5.32 Å². The van der Waals surface area contributed by atoms with Gasteiger partial charge < -0.3 is 10.2 Å². The molecule has 1 aromatic rings. The molecule has 110 valence electrons. The molecule has 0 spiro atoms. The third-order valence-corrected chi connectivity index (χ3v) is 3.44. The minimum absolute atomic E-state index is 0.128. The Morgan fingerprint density at radius 2 is 2.10 bits per heavy atom. The molecule has 1 saturated heterocycles. The summed E-state index contributed by atoms with van der Waals surface area (Å²) in [4.78, 5) is 13.4. The van der Waals surface area contributed by atoms with Crippen LogP contribution in [0.3, 0.4) is 0 Å². The van der Waals surface area contributed by atoms with E-state index in [9.17, 15) is 22.4 Å². The third-order valence-electron chi connectivity index (χ3n) is 3.44. The van der Waals surface area contributed by atoms with E-state index < -0.39 is 29.0 Å². The summed E-state index contributed by atoms with van der Waals surface area (Å²) in [6.07, 6.45) is -4.11. The first-order valence-electron chi connectivity index (χ1n) is 6.16. The second kappa shape index (κ2) is 5.40. The van der Waals surface area contributed by atoms with E-state index in [-0.39, 0.29) is 6.04 Å². The minimum Gasteiger partial charge on any atom is -0.337 e. The second-order valence-corrected chi connectivity index (χ2v) is 4.73. The van der Waals surface area contributed by atoms with E-state index in [4.69, 9.17) is 0 Å². The molecule has 0 saturated carbocycles. The predicted octanol–water partition coefficient (Wildman–Crippen LogP) is 2.28. The van der Waals surface area contributed by atoms with E-state index in [0.717, 1.165) is 18.7 Å². The first-order chi connectivity index (χ1) is 9.32. The average molecular weight is 290 g/mol. The Balaban J connectivity index is 2.30. The largest absolute Gasteiger partial charge is 0.419 e. The van der Waals surface area contributed by atoms with Gasteiger partial charge in [0.05, 0.1) is 11.1 Å². The SMILES string of the molecule is CN(C(=O)c1cccc(C(F)(F)F)c1F)[C@H]1CCNC1. The van der Waals surface area contributed by atoms with E-state index in [1.54, 1.807) is 0 Å². The zero-order valence-corrected chi connectivity index (χ0v) is 10.8. The molecule has 2 rings (SSSR count). The molecule has 1 atom stereocenters. The first-order valence-corrected chi connectivity index (χ1v) is 6.16. The fourth-order valence-corrected chi connectivity index (χ4v) is 2.24. The molecule has 1 fully saturated rings. The van der Waals surface area contributed by atoms with Crippen molar-refractivity contribution in [2.24, 2.45) is 0 Å². The van der Waals surface area contributed by atoms with Crippen LogP contribution in [-0.4, -0.2) is 37.0 Å². The summed E-state index contributed by atoms with van der Waals surface area (Å²) in [7, 11) is 1.47. The van der Waals surface area contributed by atoms with Crippen LogP contribution in [0.4, 0.5) is 17.6 Å². The van der Waals surface area contributed by atoms with E-state index >= 15 is 0 Å². The zero-order chi connectivity index (χ0) is 14.9. The summed E-state index contributed by atoms with van der Waals surface area (Å²) in [5, 5.41) is 3.04. The van der Waals surface area contributed by atoms with Gasteiger partial charge in [0.1, 0.15) is 5.82 Å². The van der Waals surface area contributed by atoms with Gasteiger partial charge in [-0.2, -0.15) is 13.2 Å². The average Bonchev–Trinajstić information content (AvgIpc) is 2.89. The van der Waals surface area contributed by atoms with Crippen molar-refractivity contribution in [3.8, 4) is 0 Å². The van der Waals surface area contributed by atoms with Crippen molar-refractivity contribution >= 4 is 5.91 Å². The molecule has 1 aromatic carbocycles. The van der Waals surface area contributed by atoms with Crippen LogP contribution in [0.15, 0.2) is 18.2 Å². The Hall–Kier alpha value is -1.63. The van der Waals surface area contributed by atoms with Crippen molar-refractivity contribution < 1.29 is 22.4 Å². The number of alkyl halides is 3. The fourth-order valence-electron chi connectivity index (χ4n) is 2.24. The monoisotopic (exact) mass is 290 g/mol. The Morgan fingerprint density at radius 1 is 1.40 bits per heavy atom. The predicted molar refractivity (Wildman–Crippen MR) is 64.8 cm³/mol. The van der Waals surface area contributed by atoms with Crippen molar-refractivity contribution in [1.29, 1.82) is 0 Å². The number of nitrogens with zero attached hydrogens (tertiary/aromatic N) is 1. The van der Waals surface area contributed by atoms with Crippen LogP contribution < -0.4 is 5.32 Å². The van der Waals surface area contributed by atoms with Crippen LogP contribution in [0.5, 0.6) is 0 Å². The Bertz CT molecular complexity index is 510. The maximum absolute atomic E-state index is 13.9. The molecule has 7 heteroatoms. The Labute approximate surface area is 113 Å². The molecule has 1 aliphatic rings. The highest BCUT2D eigenvalue weighted by atomic mass is 19.4. The van der Waals surface area contributed by atoms with E-state index in [0.29, 0.717) is 19.0 Å². The van der Waals surface area contributed by atoms with Gasteiger partial charge in [0.2, 0.25) is 0 Å². The lowest BCUT2D eigenvalue weighted by molar-refractivity contribution is -0.140. The number of carbonyl (C=O) groups is 1. The van der Waals surface area contributed by atoms with Crippen molar-refractivity contribution in [2.45, 2.75) is 18.6 Å². The number of hydrogen-bond acceptors (Lipinski definition) is 2. The lowest BCUT2D eigenvalue weighted by Crippen LogP contribution is -2.38. The molecule has 20 heavy (non-hydrogen) atoms. The molecule has 0 radical (unpaired) electrons. The van der Waals surface area contributed by atoms with E-state index in [1.165, 1.54) is 11.9 Å². The highest BCUT2D eigenvalue weighted by Gasteiger charge is 2.36. The topological polar surface area (TPSA) is 32.3 Å². The van der Waals surface area contributed by atoms with Gasteiger partial charge >= 0.3 is 6.18 Å². The molecular formula is C13H14F4N2O. The lowest BCUT2D eigenvalue weighted by Gasteiger charge is -2.24. The van der Waals surface area contributed by atoms with Gasteiger partial charge in [0, 0.05) is 19.6 Å². The number of amides is 1. The number of nitrogens with one attached hydrogen (secondary N) is 1. The number of likely N-dealkylation sites (N-methyl/N-ethyl adjacent to an activating group) is 1. The van der Waals surface area contributed by atoms with Gasteiger partial charge in [0.25, 0.3) is 5.91 Å². The van der Waals surface area contributed by atoms with Crippen LogP contribution in [0, 0.1) is 5.82 Å². The van der Waals surface area contributed by atoms with Crippen LogP contribution in [0.2, 0.25) is 0 Å². The molecule has 0 bridgehead atoms. The van der Waals surface area contributed by atoms with Gasteiger partial charge in [-0.05, 0) is 25.1 Å². The molecule has 3 nitrogen and oxygen atoms in total. The summed E-state index contributed by atoms with van der Waals surface area (Å²) >= 11 is 0. The summed E-state index contributed by atoms with van der Waals surface area (Å²) in [6.45, 7) is 1.29. The van der Waals surface area contributed by atoms with Crippen LogP contribution in [0.1, 0.15) is 22.3 Å². The van der Waals surface area contributed by atoms with Crippen molar-refractivity contribution in [3.63, 3.8) is 0 Å². The van der Waals surface area contributed by atoms with Crippen molar-refractivity contribution in [3.05, 3.63) is 35.1 Å². The van der Waals surface area contributed by atoms with Gasteiger partial charge in [-0.1, -0.05) is 6.07 Å². The fraction of sp³-hybridized carbons (Fsp3) is 0.462. The highest BCUT2D eigenvalue weighted by Crippen LogP contribution is 2.32. The highest BCUT2D eigenvalue weighted by molar-refractivity contribution is 5.94. The van der Waals surface area contributed by atoms with Crippen LogP contribution in [0.25, 0.3) is 0 Å². The number of halogens is 4. The quantitative estimate of drug-likeness (QED) is 0.848. The van der Waals surface area contributed by atoms with Gasteiger partial charge in [-0.3, -0.25) is 4.79 Å². The molecule has 0 unspecified atom stereocenters. The summed E-state index contributed by atoms with van der Waals surface area (Å²) < 4.78 is 51.7. The summed E-state index contributed by atoms with van der Waals surface area (Å²) in [5.41, 5.74) is -1.96. The van der Waals surface area contributed by atoms with Crippen molar-refractivity contribution in [2.75, 3.05) is 20.1 Å². The Morgan fingerprint density at radius 3 is 2.65 bits per heavy atom. The number of hydrogen-bond donors (Lipinski definition) is 1. The molecule has 1 amide bonds. The van der Waals surface area contributed by atoms with E-state index in [1.807, 2.05) is 0 Å². The molecule has 0 aromatic heterocycles. The standard InChI is InChI=1S/C13H14F4N2O/c1-19(8-5-6-18-7-8)12(20)9-3-2-4-10(11(9)14)13(15,16)17/h2-4,8,18H,5-7H2,1H3/t8-/m0/s1. The maximum Gasteiger partial charge on any atom is 0.419 e. The van der Waals surface area contributed by atoms with Gasteiger partial charge in [0.15, 0.2) is 0 Å². The molecule has 1 heterocycles. The second-order valence-electron chi connectivity index (χ2n) is 4.73. The summed E-state index contributed by atoms with van der Waals surface area (Å²) in [5.74, 6) is -2.25. The van der Waals surface area contributed by atoms with Gasteiger partial charge in [-0.25, -0.2) is 4.39 Å². The van der Waals surface area contributed by atoms with Crippen molar-refractivity contribution in [1.82, 2.24) is 10.2 Å². The molecule has 0 aliphatic carbocycles. The van der Waals surface area contributed by atoms with Gasteiger partial charge in [-0.15, -0.1) is 0 Å². The molecular weight excluding hydrogens is 276 g/mol. The first kappa shape index (κ1) is 14.8. The van der Waals surface area contributed by atoms with Crippen LogP contribution in [-0.2, 0) is 6.18 Å². The summed E-state index contributed by atoms with van der Waals surface area (Å²) in [6, 6.07) is 2.62. The Kier molecular flexibility index (Phi) is 3.99. The smallest absolute Gasteiger partial charge is 0.337 e. The number of benzene rings is 1. The number of rotatable bonds is 2. The minimum atomic E-state index is -4.81. The normalized spacial score (nSPS) is 19.1.